The van der Waals surface area contributed by atoms with Gasteiger partial charge in [0.05, 0.1) is 0 Å². The number of aromatic hydroxyl groups is 1. The van der Waals surface area contributed by atoms with Gasteiger partial charge in [-0.2, -0.15) is 0 Å². The van der Waals surface area contributed by atoms with Gasteiger partial charge >= 0.3 is 0 Å². The molecule has 0 unspecified atom stereocenters. The predicted molar refractivity (Wildman–Crippen MR) is 53.7 cm³/mol. The molecule has 0 bridgehead atoms. The zero-order valence-electron chi connectivity index (χ0n) is 7.73. The molecule has 0 saturated carbocycles. The highest BCUT2D eigenvalue weighted by molar-refractivity contribution is 5.17. The van der Waals surface area contributed by atoms with Crippen LogP contribution in [-0.2, 0) is 0 Å². The Balaban J connectivity index is 0.000000310. The third kappa shape index (κ3) is 5.87. The molecule has 3 N–H and O–H groups in total. The Bertz CT molecular complexity index is 284. The molecular weight excluding hydrogens is 166 g/mol. The van der Waals surface area contributed by atoms with Gasteiger partial charge in [-0.3, -0.25) is 4.79 Å². The van der Waals surface area contributed by atoms with Crippen LogP contribution in [0.4, 0.5) is 0 Å². The quantitative estimate of drug-likeness (QED) is 0.682. The van der Waals surface area contributed by atoms with Gasteiger partial charge in [-0.1, -0.05) is 25.1 Å². The van der Waals surface area contributed by atoms with Gasteiger partial charge in [-0.25, -0.2) is 0 Å². The molecule has 13 heavy (non-hydrogen) atoms. The molecule has 0 atom stereocenters. The van der Waals surface area contributed by atoms with Gasteiger partial charge < -0.3 is 10.8 Å². The standard InChI is InChI=1S/C7H6O2.C3H9N/c8-6-4-2-1-3-5-7(6)9;1-2-3-4/h1-5H,(H,8,9);2-4H2,1H3. The molecule has 0 radical (unpaired) electrons. The van der Waals surface area contributed by atoms with Crippen molar-refractivity contribution in [1.82, 2.24) is 0 Å². The third-order valence-electron chi connectivity index (χ3n) is 1.27. The third-order valence-corrected chi connectivity index (χ3v) is 1.27. The maximum atomic E-state index is 10.6. The summed E-state index contributed by atoms with van der Waals surface area (Å²) in [5, 5.41) is 8.77. The maximum Gasteiger partial charge on any atom is 0.220 e. The van der Waals surface area contributed by atoms with E-state index in [9.17, 15) is 4.79 Å². The van der Waals surface area contributed by atoms with Crippen LogP contribution in [0.2, 0.25) is 0 Å². The van der Waals surface area contributed by atoms with E-state index in [0.29, 0.717) is 0 Å². The average molecular weight is 181 g/mol. The minimum Gasteiger partial charge on any atom is -0.504 e. The van der Waals surface area contributed by atoms with Gasteiger partial charge in [-0.05, 0) is 25.1 Å². The molecule has 1 rings (SSSR count). The lowest BCUT2D eigenvalue weighted by Gasteiger charge is -1.74. The van der Waals surface area contributed by atoms with Crippen molar-refractivity contribution >= 4 is 0 Å². The summed E-state index contributed by atoms with van der Waals surface area (Å²) < 4.78 is 0. The lowest BCUT2D eigenvalue weighted by molar-refractivity contribution is 0.471. The molecular formula is C10H15NO2. The summed E-state index contributed by atoms with van der Waals surface area (Å²) in [6.07, 6.45) is 1.10. The highest BCUT2D eigenvalue weighted by Crippen LogP contribution is 1.93. The van der Waals surface area contributed by atoms with E-state index in [1.165, 1.54) is 12.1 Å². The van der Waals surface area contributed by atoms with Crippen molar-refractivity contribution in [2.24, 2.45) is 5.73 Å². The summed E-state index contributed by atoms with van der Waals surface area (Å²) in [5.74, 6) is -0.208. The second-order valence-corrected chi connectivity index (χ2v) is 2.45. The monoisotopic (exact) mass is 181 g/mol. The van der Waals surface area contributed by atoms with Crippen LogP contribution in [0.1, 0.15) is 13.3 Å². The van der Waals surface area contributed by atoms with Crippen molar-refractivity contribution in [1.29, 1.82) is 0 Å². The molecule has 0 spiro atoms. The van der Waals surface area contributed by atoms with Crippen LogP contribution in [0.15, 0.2) is 35.1 Å². The lowest BCUT2D eigenvalue weighted by Crippen LogP contribution is -1.93. The van der Waals surface area contributed by atoms with Crippen molar-refractivity contribution in [2.45, 2.75) is 13.3 Å². The smallest absolute Gasteiger partial charge is 0.220 e. The van der Waals surface area contributed by atoms with E-state index in [1.54, 1.807) is 18.2 Å². The zero-order valence-corrected chi connectivity index (χ0v) is 7.73. The van der Waals surface area contributed by atoms with Crippen LogP contribution in [0.5, 0.6) is 5.75 Å². The Morgan fingerprint density at radius 2 is 1.85 bits per heavy atom. The number of rotatable bonds is 1. The fraction of sp³-hybridized carbons (Fsp3) is 0.300. The highest BCUT2D eigenvalue weighted by Gasteiger charge is 1.85. The van der Waals surface area contributed by atoms with Crippen LogP contribution in [0.3, 0.4) is 0 Å². The number of hydrogen-bond donors (Lipinski definition) is 2. The highest BCUT2D eigenvalue weighted by atomic mass is 16.3. The molecule has 3 heteroatoms. The topological polar surface area (TPSA) is 63.3 Å². The minimum absolute atomic E-state index is 0.208. The molecule has 0 aromatic heterocycles. The molecule has 72 valence electrons. The van der Waals surface area contributed by atoms with E-state index in [2.05, 4.69) is 6.92 Å². The van der Waals surface area contributed by atoms with E-state index in [1.807, 2.05) is 0 Å². The second-order valence-electron chi connectivity index (χ2n) is 2.45. The van der Waals surface area contributed by atoms with E-state index in [0.717, 1.165) is 13.0 Å². The van der Waals surface area contributed by atoms with Gasteiger partial charge in [0.1, 0.15) is 0 Å². The predicted octanol–water partition coefficient (Wildman–Crippen LogP) is 1.11. The van der Waals surface area contributed by atoms with Gasteiger partial charge in [0.25, 0.3) is 0 Å². The van der Waals surface area contributed by atoms with Crippen molar-refractivity contribution in [3.8, 4) is 5.75 Å². The summed E-state index contributed by atoms with van der Waals surface area (Å²) in [4.78, 5) is 10.6. The summed E-state index contributed by atoms with van der Waals surface area (Å²) in [6.45, 7) is 2.88. The second kappa shape index (κ2) is 7.31. The molecule has 0 saturated heterocycles. The maximum absolute atomic E-state index is 10.6. The Labute approximate surface area is 77.8 Å². The zero-order chi connectivity index (χ0) is 10.1. The lowest BCUT2D eigenvalue weighted by atomic mass is 10.5. The summed E-state index contributed by atoms with van der Waals surface area (Å²) >= 11 is 0. The Kier molecular flexibility index (Phi) is 6.55. The van der Waals surface area contributed by atoms with Gasteiger partial charge in [-0.15, -0.1) is 0 Å². The molecule has 0 aliphatic rings. The Morgan fingerprint density at radius 1 is 1.31 bits per heavy atom. The molecule has 1 aromatic rings. The molecule has 0 fully saturated rings. The molecule has 1 aromatic carbocycles. The largest absolute Gasteiger partial charge is 0.504 e. The van der Waals surface area contributed by atoms with Gasteiger partial charge in [0.15, 0.2) is 5.75 Å². The molecule has 0 amide bonds. The number of hydrogen-bond acceptors (Lipinski definition) is 3. The first-order chi connectivity index (χ1) is 6.22. The molecule has 3 nitrogen and oxygen atoms in total. The average Bonchev–Trinajstić information content (AvgIpc) is 2.33. The molecule has 0 aliphatic carbocycles. The fourth-order valence-corrected chi connectivity index (χ4v) is 0.521. The van der Waals surface area contributed by atoms with Gasteiger partial charge in [0, 0.05) is 0 Å². The van der Waals surface area contributed by atoms with Gasteiger partial charge in [0.2, 0.25) is 5.43 Å². The minimum atomic E-state index is -0.347. The first kappa shape index (κ1) is 11.6. The van der Waals surface area contributed by atoms with Crippen molar-refractivity contribution < 1.29 is 5.11 Å². The summed E-state index contributed by atoms with van der Waals surface area (Å²) in [7, 11) is 0. The first-order valence-electron chi connectivity index (χ1n) is 4.20. The summed E-state index contributed by atoms with van der Waals surface area (Å²) in [6, 6.07) is 7.55. The molecule has 0 heterocycles. The first-order valence-corrected chi connectivity index (χ1v) is 4.20. The van der Waals surface area contributed by atoms with E-state index in [4.69, 9.17) is 10.8 Å². The van der Waals surface area contributed by atoms with Crippen LogP contribution in [0.25, 0.3) is 0 Å². The normalized spacial score (nSPS) is 8.46. The molecule has 0 aliphatic heterocycles. The van der Waals surface area contributed by atoms with Crippen LogP contribution in [-0.4, -0.2) is 11.7 Å². The van der Waals surface area contributed by atoms with E-state index in [-0.39, 0.29) is 11.2 Å². The van der Waals surface area contributed by atoms with E-state index < -0.39 is 0 Å². The van der Waals surface area contributed by atoms with E-state index >= 15 is 0 Å². The Hall–Kier alpha value is -1.35. The van der Waals surface area contributed by atoms with Crippen LogP contribution >= 0.6 is 0 Å². The summed E-state index contributed by atoms with van der Waals surface area (Å²) in [5.41, 5.74) is 4.68. The fourth-order valence-electron chi connectivity index (χ4n) is 0.521. The number of nitrogens with two attached hydrogens (primary N) is 1. The van der Waals surface area contributed by atoms with Crippen LogP contribution in [0, 0.1) is 0 Å². The van der Waals surface area contributed by atoms with Crippen molar-refractivity contribution in [2.75, 3.05) is 6.54 Å². The SMILES string of the molecule is CCCN.O=c1cccccc1O. The van der Waals surface area contributed by atoms with Crippen LogP contribution < -0.4 is 11.2 Å². The van der Waals surface area contributed by atoms with Crippen molar-refractivity contribution in [3.63, 3.8) is 0 Å². The van der Waals surface area contributed by atoms with Crippen molar-refractivity contribution in [3.05, 3.63) is 40.6 Å². The Morgan fingerprint density at radius 3 is 2.38 bits per heavy atom.